The van der Waals surface area contributed by atoms with Crippen molar-refractivity contribution >= 4 is 11.6 Å². The third-order valence-electron chi connectivity index (χ3n) is 4.90. The predicted molar refractivity (Wildman–Crippen MR) is 88.0 cm³/mol. The summed E-state index contributed by atoms with van der Waals surface area (Å²) in [6.07, 6.45) is 1.91. The van der Waals surface area contributed by atoms with Crippen molar-refractivity contribution < 1.29 is 18.3 Å². The van der Waals surface area contributed by atoms with Crippen LogP contribution in [0.15, 0.2) is 12.1 Å². The summed E-state index contributed by atoms with van der Waals surface area (Å²) >= 11 is 0. The van der Waals surface area contributed by atoms with Crippen molar-refractivity contribution in [3.05, 3.63) is 29.3 Å². The Morgan fingerprint density at radius 3 is 2.32 bits per heavy atom. The van der Waals surface area contributed by atoms with E-state index in [0.29, 0.717) is 45.8 Å². The SMILES string of the molecule is N#Cc1cc(F)c(N2CCC(CC(=O)N3CCOCC3)CC2)c(F)c1. The minimum atomic E-state index is -0.709. The molecule has 0 aliphatic carbocycles. The monoisotopic (exact) mass is 349 g/mol. The summed E-state index contributed by atoms with van der Waals surface area (Å²) in [6, 6.07) is 3.87. The Bertz CT molecular complexity index is 652. The second-order valence-electron chi connectivity index (χ2n) is 6.53. The number of piperidine rings is 1. The van der Waals surface area contributed by atoms with Crippen molar-refractivity contribution in [2.24, 2.45) is 5.92 Å². The van der Waals surface area contributed by atoms with Crippen LogP contribution in [0.2, 0.25) is 0 Å². The fraction of sp³-hybridized carbons (Fsp3) is 0.556. The van der Waals surface area contributed by atoms with Crippen molar-refractivity contribution in [2.45, 2.75) is 19.3 Å². The smallest absolute Gasteiger partial charge is 0.223 e. The van der Waals surface area contributed by atoms with Gasteiger partial charge < -0.3 is 14.5 Å². The van der Waals surface area contributed by atoms with Gasteiger partial charge in [0, 0.05) is 32.6 Å². The van der Waals surface area contributed by atoms with Crippen LogP contribution < -0.4 is 4.90 Å². The molecule has 2 aliphatic rings. The lowest BCUT2D eigenvalue weighted by atomic mass is 9.92. The normalized spacial score (nSPS) is 18.9. The Labute approximate surface area is 145 Å². The van der Waals surface area contributed by atoms with E-state index in [1.54, 1.807) is 11.0 Å². The molecule has 5 nitrogen and oxygen atoms in total. The number of carbonyl (C=O) groups is 1. The molecule has 0 saturated carbocycles. The summed E-state index contributed by atoms with van der Waals surface area (Å²) < 4.78 is 33.5. The molecule has 0 aromatic heterocycles. The fourth-order valence-electron chi connectivity index (χ4n) is 3.48. The van der Waals surface area contributed by atoms with Crippen LogP contribution in [0.1, 0.15) is 24.8 Å². The number of hydrogen-bond acceptors (Lipinski definition) is 4. The molecule has 1 amide bonds. The Morgan fingerprint density at radius 1 is 1.16 bits per heavy atom. The van der Waals surface area contributed by atoms with Gasteiger partial charge in [-0.15, -0.1) is 0 Å². The number of morpholine rings is 1. The lowest BCUT2D eigenvalue weighted by Crippen LogP contribution is -2.42. The zero-order valence-electron chi connectivity index (χ0n) is 14.0. The van der Waals surface area contributed by atoms with Crippen LogP contribution in [-0.4, -0.2) is 50.2 Å². The highest BCUT2D eigenvalue weighted by molar-refractivity contribution is 5.76. The first kappa shape index (κ1) is 17.6. The van der Waals surface area contributed by atoms with Crippen LogP contribution in [0.3, 0.4) is 0 Å². The fourth-order valence-corrected chi connectivity index (χ4v) is 3.48. The van der Waals surface area contributed by atoms with E-state index in [0.717, 1.165) is 25.0 Å². The Morgan fingerprint density at radius 2 is 1.76 bits per heavy atom. The molecule has 0 radical (unpaired) electrons. The summed E-state index contributed by atoms with van der Waals surface area (Å²) in [4.78, 5) is 15.8. The summed E-state index contributed by atoms with van der Waals surface area (Å²) in [5.74, 6) is -1.05. The summed E-state index contributed by atoms with van der Waals surface area (Å²) in [7, 11) is 0. The molecule has 3 rings (SSSR count). The molecule has 1 aromatic carbocycles. The highest BCUT2D eigenvalue weighted by Gasteiger charge is 2.27. The van der Waals surface area contributed by atoms with Gasteiger partial charge >= 0.3 is 0 Å². The largest absolute Gasteiger partial charge is 0.378 e. The first-order valence-corrected chi connectivity index (χ1v) is 8.58. The van der Waals surface area contributed by atoms with Gasteiger partial charge in [-0.3, -0.25) is 4.79 Å². The number of halogens is 2. The zero-order valence-corrected chi connectivity index (χ0v) is 14.0. The maximum atomic E-state index is 14.1. The van der Waals surface area contributed by atoms with Gasteiger partial charge in [0.25, 0.3) is 0 Å². The molecule has 0 N–H and O–H groups in total. The van der Waals surface area contributed by atoms with E-state index < -0.39 is 11.6 Å². The molecule has 2 fully saturated rings. The van der Waals surface area contributed by atoms with E-state index in [1.165, 1.54) is 0 Å². The van der Waals surface area contributed by atoms with Gasteiger partial charge in [0.05, 0.1) is 24.8 Å². The lowest BCUT2D eigenvalue weighted by molar-refractivity contribution is -0.136. The highest BCUT2D eigenvalue weighted by atomic mass is 19.1. The van der Waals surface area contributed by atoms with Gasteiger partial charge in [0.15, 0.2) is 11.6 Å². The molecule has 0 bridgehead atoms. The third kappa shape index (κ3) is 4.07. The maximum absolute atomic E-state index is 14.1. The zero-order chi connectivity index (χ0) is 17.8. The van der Waals surface area contributed by atoms with E-state index >= 15 is 0 Å². The van der Waals surface area contributed by atoms with Gasteiger partial charge in [0.2, 0.25) is 5.91 Å². The Kier molecular flexibility index (Phi) is 5.49. The van der Waals surface area contributed by atoms with Crippen molar-refractivity contribution in [2.75, 3.05) is 44.3 Å². The molecular formula is C18H21F2N3O2. The van der Waals surface area contributed by atoms with E-state index in [9.17, 15) is 13.6 Å². The standard InChI is InChI=1S/C18H21F2N3O2/c19-15-9-14(12-21)10-16(20)18(15)23-3-1-13(2-4-23)11-17(24)22-5-7-25-8-6-22/h9-10,13H,1-8,11H2. The van der Waals surface area contributed by atoms with Crippen LogP contribution >= 0.6 is 0 Å². The van der Waals surface area contributed by atoms with Gasteiger partial charge in [-0.25, -0.2) is 8.78 Å². The van der Waals surface area contributed by atoms with Crippen LogP contribution in [0, 0.1) is 28.9 Å². The van der Waals surface area contributed by atoms with Crippen LogP contribution in [0.5, 0.6) is 0 Å². The molecule has 1 aromatic rings. The van der Waals surface area contributed by atoms with Crippen molar-refractivity contribution in [1.82, 2.24) is 4.90 Å². The number of benzene rings is 1. The first-order valence-electron chi connectivity index (χ1n) is 8.58. The Hall–Kier alpha value is -2.20. The third-order valence-corrected chi connectivity index (χ3v) is 4.90. The minimum absolute atomic E-state index is 0.0234. The van der Waals surface area contributed by atoms with E-state index in [4.69, 9.17) is 10.00 Å². The van der Waals surface area contributed by atoms with Gasteiger partial charge in [-0.2, -0.15) is 5.26 Å². The average molecular weight is 349 g/mol. The molecule has 0 atom stereocenters. The first-order chi connectivity index (χ1) is 12.1. The summed E-state index contributed by atoms with van der Waals surface area (Å²) in [5.41, 5.74) is -0.0956. The molecule has 25 heavy (non-hydrogen) atoms. The molecule has 2 saturated heterocycles. The lowest BCUT2D eigenvalue weighted by Gasteiger charge is -2.35. The maximum Gasteiger partial charge on any atom is 0.223 e. The van der Waals surface area contributed by atoms with Crippen LogP contribution in [0.4, 0.5) is 14.5 Å². The average Bonchev–Trinajstić information content (AvgIpc) is 2.63. The minimum Gasteiger partial charge on any atom is -0.378 e. The predicted octanol–water partition coefficient (Wildman–Crippen LogP) is 2.30. The number of nitrogens with zero attached hydrogens (tertiary/aromatic N) is 3. The van der Waals surface area contributed by atoms with Crippen molar-refractivity contribution in [1.29, 1.82) is 5.26 Å². The van der Waals surface area contributed by atoms with Gasteiger partial charge in [-0.1, -0.05) is 0 Å². The molecule has 7 heteroatoms. The number of hydrogen-bond donors (Lipinski definition) is 0. The second-order valence-corrected chi connectivity index (χ2v) is 6.53. The van der Waals surface area contributed by atoms with E-state index in [1.807, 2.05) is 4.90 Å². The van der Waals surface area contributed by atoms with E-state index in [-0.39, 0.29) is 23.1 Å². The van der Waals surface area contributed by atoms with Gasteiger partial charge in [-0.05, 0) is 30.9 Å². The summed E-state index contributed by atoms with van der Waals surface area (Å²) in [5, 5.41) is 8.77. The van der Waals surface area contributed by atoms with Crippen molar-refractivity contribution in [3.63, 3.8) is 0 Å². The van der Waals surface area contributed by atoms with Crippen molar-refractivity contribution in [3.8, 4) is 6.07 Å². The Balaban J connectivity index is 1.57. The van der Waals surface area contributed by atoms with Gasteiger partial charge in [0.1, 0.15) is 5.69 Å². The number of rotatable bonds is 3. The molecule has 2 heterocycles. The second kappa shape index (κ2) is 7.79. The molecular weight excluding hydrogens is 328 g/mol. The number of carbonyl (C=O) groups excluding carboxylic acids is 1. The number of anilines is 1. The molecule has 0 spiro atoms. The number of ether oxygens (including phenoxy) is 1. The van der Waals surface area contributed by atoms with Crippen LogP contribution in [0.25, 0.3) is 0 Å². The quantitative estimate of drug-likeness (QED) is 0.840. The molecule has 2 aliphatic heterocycles. The number of amides is 1. The van der Waals surface area contributed by atoms with E-state index in [2.05, 4.69) is 0 Å². The summed E-state index contributed by atoms with van der Waals surface area (Å²) in [6.45, 7) is 3.45. The molecule has 134 valence electrons. The number of nitriles is 1. The van der Waals surface area contributed by atoms with Crippen LogP contribution in [-0.2, 0) is 9.53 Å². The highest BCUT2D eigenvalue weighted by Crippen LogP contribution is 2.30. The molecule has 0 unspecified atom stereocenters. The topological polar surface area (TPSA) is 56.6 Å².